The van der Waals surface area contributed by atoms with Crippen LogP contribution in [0.15, 0.2) is 24.3 Å². The van der Waals surface area contributed by atoms with Crippen molar-refractivity contribution >= 4 is 0 Å². The molecular formula is C11H17NO3. The molecule has 2 unspecified atom stereocenters. The summed E-state index contributed by atoms with van der Waals surface area (Å²) in [5.74, 6) is 0.770. The average molecular weight is 211 g/mol. The summed E-state index contributed by atoms with van der Waals surface area (Å²) in [5.41, 5.74) is 0.917. The van der Waals surface area contributed by atoms with Crippen molar-refractivity contribution in [3.63, 3.8) is 0 Å². The molecular weight excluding hydrogens is 194 g/mol. The lowest BCUT2D eigenvalue weighted by atomic mass is 10.0. The zero-order chi connectivity index (χ0) is 11.3. The van der Waals surface area contributed by atoms with Crippen molar-refractivity contribution in [2.75, 3.05) is 20.8 Å². The summed E-state index contributed by atoms with van der Waals surface area (Å²) in [6.45, 7) is -0.266. The van der Waals surface area contributed by atoms with E-state index in [0.717, 1.165) is 11.3 Å². The van der Waals surface area contributed by atoms with Gasteiger partial charge in [0.05, 0.1) is 25.9 Å². The van der Waals surface area contributed by atoms with Gasteiger partial charge in [-0.3, -0.25) is 0 Å². The fraction of sp³-hybridized carbons (Fsp3) is 0.455. The summed E-state index contributed by atoms with van der Waals surface area (Å²) in [4.78, 5) is 0. The highest BCUT2D eigenvalue weighted by Crippen LogP contribution is 2.19. The molecule has 0 aliphatic rings. The fourth-order valence-corrected chi connectivity index (χ4v) is 1.50. The first-order valence-electron chi connectivity index (χ1n) is 4.83. The van der Waals surface area contributed by atoms with E-state index in [9.17, 15) is 5.11 Å². The predicted molar refractivity (Wildman–Crippen MR) is 57.9 cm³/mol. The molecule has 0 saturated heterocycles. The minimum Gasteiger partial charge on any atom is -0.497 e. The van der Waals surface area contributed by atoms with Gasteiger partial charge in [0.25, 0.3) is 0 Å². The van der Waals surface area contributed by atoms with Gasteiger partial charge in [-0.1, -0.05) is 12.1 Å². The molecule has 2 atom stereocenters. The second kappa shape index (κ2) is 5.70. The van der Waals surface area contributed by atoms with Crippen molar-refractivity contribution in [3.8, 4) is 5.75 Å². The Bertz CT molecular complexity index is 286. The molecule has 15 heavy (non-hydrogen) atoms. The van der Waals surface area contributed by atoms with Gasteiger partial charge < -0.3 is 20.3 Å². The van der Waals surface area contributed by atoms with Crippen LogP contribution in [0.5, 0.6) is 5.75 Å². The molecule has 0 fully saturated rings. The number of aliphatic hydroxyl groups excluding tert-OH is 2. The molecule has 0 radical (unpaired) electrons. The van der Waals surface area contributed by atoms with Gasteiger partial charge in [0.15, 0.2) is 0 Å². The van der Waals surface area contributed by atoms with Gasteiger partial charge in [0.2, 0.25) is 0 Å². The lowest BCUT2D eigenvalue weighted by molar-refractivity contribution is 0.0649. The molecule has 1 aromatic carbocycles. The largest absolute Gasteiger partial charge is 0.497 e. The maximum absolute atomic E-state index is 9.55. The van der Waals surface area contributed by atoms with Gasteiger partial charge in [0, 0.05) is 0 Å². The molecule has 3 N–H and O–H groups in total. The van der Waals surface area contributed by atoms with E-state index in [-0.39, 0.29) is 12.6 Å². The van der Waals surface area contributed by atoms with E-state index >= 15 is 0 Å². The molecule has 1 rings (SSSR count). The molecule has 4 heteroatoms. The molecule has 0 aliphatic heterocycles. The van der Waals surface area contributed by atoms with E-state index in [2.05, 4.69) is 5.32 Å². The Kier molecular flexibility index (Phi) is 4.55. The van der Waals surface area contributed by atoms with Gasteiger partial charge in [0.1, 0.15) is 5.75 Å². The Balaban J connectivity index is 2.83. The van der Waals surface area contributed by atoms with E-state index in [0.29, 0.717) is 0 Å². The highest BCUT2D eigenvalue weighted by atomic mass is 16.5. The summed E-state index contributed by atoms with van der Waals surface area (Å²) in [6, 6.07) is 7.10. The lowest BCUT2D eigenvalue weighted by Gasteiger charge is -2.21. The normalized spacial score (nSPS) is 14.7. The highest BCUT2D eigenvalue weighted by molar-refractivity contribution is 5.29. The third-order valence-electron chi connectivity index (χ3n) is 2.36. The first kappa shape index (κ1) is 12.0. The van der Waals surface area contributed by atoms with Crippen molar-refractivity contribution in [3.05, 3.63) is 29.8 Å². The number of benzene rings is 1. The van der Waals surface area contributed by atoms with Crippen LogP contribution in [0.3, 0.4) is 0 Å². The minimum atomic E-state index is -0.802. The molecule has 0 aliphatic carbocycles. The van der Waals surface area contributed by atoms with Crippen molar-refractivity contribution < 1.29 is 14.9 Å². The number of nitrogens with one attached hydrogen (secondary N) is 1. The summed E-state index contributed by atoms with van der Waals surface area (Å²) in [6.07, 6.45) is -0.802. The molecule has 0 saturated carbocycles. The monoisotopic (exact) mass is 211 g/mol. The topological polar surface area (TPSA) is 61.7 Å². The average Bonchev–Trinajstić information content (AvgIpc) is 2.30. The third kappa shape index (κ3) is 2.92. The SMILES string of the molecule is CNC(c1ccc(OC)cc1)C(O)CO. The molecule has 1 aromatic rings. The van der Waals surface area contributed by atoms with Crippen LogP contribution in [0.1, 0.15) is 11.6 Å². The van der Waals surface area contributed by atoms with Crippen LogP contribution < -0.4 is 10.1 Å². The molecule has 4 nitrogen and oxygen atoms in total. The summed E-state index contributed by atoms with van der Waals surface area (Å²) >= 11 is 0. The zero-order valence-corrected chi connectivity index (χ0v) is 8.97. The van der Waals surface area contributed by atoms with Crippen LogP contribution in [0, 0.1) is 0 Å². The molecule has 0 bridgehead atoms. The number of rotatable bonds is 5. The Labute approximate surface area is 89.5 Å². The molecule has 84 valence electrons. The Morgan fingerprint density at radius 3 is 2.33 bits per heavy atom. The minimum absolute atomic E-state index is 0.263. The van der Waals surface area contributed by atoms with Gasteiger partial charge in [-0.2, -0.15) is 0 Å². The highest BCUT2D eigenvalue weighted by Gasteiger charge is 2.18. The van der Waals surface area contributed by atoms with Crippen LogP contribution in [-0.2, 0) is 0 Å². The van der Waals surface area contributed by atoms with Crippen molar-refractivity contribution in [2.45, 2.75) is 12.1 Å². The number of ether oxygens (including phenoxy) is 1. The number of hydrogen-bond donors (Lipinski definition) is 3. The summed E-state index contributed by atoms with van der Waals surface area (Å²) < 4.78 is 5.04. The summed E-state index contributed by atoms with van der Waals surface area (Å²) in [7, 11) is 3.35. The number of aliphatic hydroxyl groups is 2. The first-order valence-corrected chi connectivity index (χ1v) is 4.83. The van der Waals surface area contributed by atoms with Gasteiger partial charge in [-0.25, -0.2) is 0 Å². The van der Waals surface area contributed by atoms with E-state index in [1.165, 1.54) is 0 Å². The molecule has 0 spiro atoms. The van der Waals surface area contributed by atoms with Crippen molar-refractivity contribution in [1.29, 1.82) is 0 Å². The van der Waals surface area contributed by atoms with Gasteiger partial charge in [-0.15, -0.1) is 0 Å². The zero-order valence-electron chi connectivity index (χ0n) is 8.97. The maximum Gasteiger partial charge on any atom is 0.118 e. The third-order valence-corrected chi connectivity index (χ3v) is 2.36. The predicted octanol–water partition coefficient (Wildman–Crippen LogP) is 0.309. The van der Waals surface area contributed by atoms with Crippen LogP contribution >= 0.6 is 0 Å². The Hall–Kier alpha value is -1.10. The van der Waals surface area contributed by atoms with Crippen molar-refractivity contribution in [2.24, 2.45) is 0 Å². The molecule has 0 amide bonds. The van der Waals surface area contributed by atoms with Crippen LogP contribution in [-0.4, -0.2) is 37.1 Å². The Morgan fingerprint density at radius 1 is 1.33 bits per heavy atom. The van der Waals surface area contributed by atoms with Gasteiger partial charge >= 0.3 is 0 Å². The van der Waals surface area contributed by atoms with Gasteiger partial charge in [-0.05, 0) is 24.7 Å². The number of methoxy groups -OCH3 is 1. The van der Waals surface area contributed by atoms with E-state index in [1.807, 2.05) is 24.3 Å². The summed E-state index contributed by atoms with van der Waals surface area (Å²) in [5, 5.41) is 21.4. The first-order chi connectivity index (χ1) is 7.22. The molecule has 0 heterocycles. The van der Waals surface area contributed by atoms with Crippen LogP contribution in [0.2, 0.25) is 0 Å². The molecule has 0 aromatic heterocycles. The van der Waals surface area contributed by atoms with Crippen LogP contribution in [0.4, 0.5) is 0 Å². The number of likely N-dealkylation sites (N-methyl/N-ethyl adjacent to an activating group) is 1. The van der Waals surface area contributed by atoms with Crippen molar-refractivity contribution in [1.82, 2.24) is 5.32 Å². The van der Waals surface area contributed by atoms with E-state index < -0.39 is 6.10 Å². The Morgan fingerprint density at radius 2 is 1.93 bits per heavy atom. The second-order valence-electron chi connectivity index (χ2n) is 3.29. The lowest BCUT2D eigenvalue weighted by Crippen LogP contribution is -2.31. The van der Waals surface area contributed by atoms with Crippen LogP contribution in [0.25, 0.3) is 0 Å². The van der Waals surface area contributed by atoms with E-state index in [4.69, 9.17) is 9.84 Å². The van der Waals surface area contributed by atoms with E-state index in [1.54, 1.807) is 14.2 Å². The number of hydrogen-bond acceptors (Lipinski definition) is 4. The smallest absolute Gasteiger partial charge is 0.118 e. The quantitative estimate of drug-likeness (QED) is 0.656. The second-order valence-corrected chi connectivity index (χ2v) is 3.29. The standard InChI is InChI=1S/C11H17NO3/c1-12-11(10(14)7-13)8-3-5-9(15-2)6-4-8/h3-6,10-14H,7H2,1-2H3. The maximum atomic E-state index is 9.55. The fourth-order valence-electron chi connectivity index (χ4n) is 1.50.